The Morgan fingerprint density at radius 1 is 1.17 bits per heavy atom. The number of carboxylic acid groups (broad SMARTS) is 1. The molecular formula is C21H30O2. The van der Waals surface area contributed by atoms with Crippen molar-refractivity contribution in [2.45, 2.75) is 71.1 Å². The largest absolute Gasteiger partial charge is 0.481 e. The van der Waals surface area contributed by atoms with Crippen LogP contribution in [-0.2, 0) is 4.79 Å². The minimum atomic E-state index is -0.626. The van der Waals surface area contributed by atoms with Crippen molar-refractivity contribution >= 4 is 5.97 Å². The molecule has 0 saturated heterocycles. The first-order chi connectivity index (χ1) is 11.1. The first-order valence-corrected chi connectivity index (χ1v) is 9.68. The van der Waals surface area contributed by atoms with E-state index in [1.807, 2.05) is 0 Å². The average Bonchev–Trinajstić information content (AvgIpc) is 2.51. The van der Waals surface area contributed by atoms with Crippen molar-refractivity contribution in [1.82, 2.24) is 0 Å². The maximum atomic E-state index is 12.4. The zero-order valence-electron chi connectivity index (χ0n) is 14.4. The predicted octanol–water partition coefficient (Wildman–Crippen LogP) is 5.35. The predicted molar refractivity (Wildman–Crippen MR) is 92.0 cm³/mol. The molecule has 1 N–H and O–H groups in total. The highest BCUT2D eigenvalue weighted by Gasteiger charge is 2.62. The van der Waals surface area contributed by atoms with Gasteiger partial charge in [0, 0.05) is 0 Å². The Balaban J connectivity index is 1.64. The maximum absolute atomic E-state index is 12.4. The summed E-state index contributed by atoms with van der Waals surface area (Å²) >= 11 is 0. The van der Waals surface area contributed by atoms with Gasteiger partial charge in [-0.05, 0) is 81.0 Å². The summed E-state index contributed by atoms with van der Waals surface area (Å²) < 4.78 is 0. The zero-order valence-corrected chi connectivity index (χ0v) is 14.4. The molecule has 5 aliphatic carbocycles. The van der Waals surface area contributed by atoms with Gasteiger partial charge in [0.2, 0.25) is 0 Å². The van der Waals surface area contributed by atoms with E-state index >= 15 is 0 Å². The number of carboxylic acids is 1. The summed E-state index contributed by atoms with van der Waals surface area (Å²) in [5.74, 6) is 1.84. The Bertz CT molecular complexity index is 521. The van der Waals surface area contributed by atoms with Crippen LogP contribution in [0.1, 0.15) is 71.1 Å². The molecule has 4 saturated carbocycles. The van der Waals surface area contributed by atoms with Gasteiger partial charge in [-0.3, -0.25) is 4.79 Å². The lowest BCUT2D eigenvalue weighted by atomic mass is 9.41. The third kappa shape index (κ3) is 2.32. The maximum Gasteiger partial charge on any atom is 0.314 e. The van der Waals surface area contributed by atoms with E-state index in [9.17, 15) is 9.90 Å². The smallest absolute Gasteiger partial charge is 0.314 e. The summed E-state index contributed by atoms with van der Waals surface area (Å²) in [7, 11) is 0. The molecule has 2 nitrogen and oxygen atoms in total. The molecule has 0 heterocycles. The zero-order chi connectivity index (χ0) is 16.1. The van der Waals surface area contributed by atoms with E-state index in [1.54, 1.807) is 0 Å². The molecule has 0 aromatic rings. The number of hydrogen-bond acceptors (Lipinski definition) is 1. The number of aliphatic carboxylic acids is 1. The molecule has 0 radical (unpaired) electrons. The van der Waals surface area contributed by atoms with Gasteiger partial charge in [-0.2, -0.15) is 0 Å². The number of unbranched alkanes of at least 4 members (excludes halogenated alkanes) is 1. The van der Waals surface area contributed by atoms with Crippen LogP contribution in [0, 0.1) is 28.6 Å². The van der Waals surface area contributed by atoms with Crippen molar-refractivity contribution in [1.29, 1.82) is 0 Å². The molecule has 126 valence electrons. The standard InChI is InChI=1S/C21H30O2/c1-2-3-4-15-5-7-21(8-6-15,19(22)23)20-12-16-9-17(13-20)11-18(10-16)14-20/h5-7,16-18H,2-4,8-14H2,1H3,(H,22,23). The molecular weight excluding hydrogens is 284 g/mol. The minimum absolute atomic E-state index is 0.0386. The van der Waals surface area contributed by atoms with Crippen molar-refractivity contribution in [3.8, 4) is 0 Å². The van der Waals surface area contributed by atoms with Crippen LogP contribution in [0.2, 0.25) is 0 Å². The first-order valence-electron chi connectivity index (χ1n) is 9.68. The van der Waals surface area contributed by atoms with Crippen LogP contribution in [0.15, 0.2) is 23.8 Å². The minimum Gasteiger partial charge on any atom is -0.481 e. The summed E-state index contributed by atoms with van der Waals surface area (Å²) in [5.41, 5.74) is 0.767. The highest BCUT2D eigenvalue weighted by Crippen LogP contribution is 2.67. The molecule has 5 rings (SSSR count). The van der Waals surface area contributed by atoms with Crippen LogP contribution < -0.4 is 0 Å². The van der Waals surface area contributed by atoms with E-state index in [-0.39, 0.29) is 5.41 Å². The molecule has 2 heteroatoms. The fraction of sp³-hybridized carbons (Fsp3) is 0.762. The van der Waals surface area contributed by atoms with Gasteiger partial charge in [0.15, 0.2) is 0 Å². The Kier molecular flexibility index (Phi) is 3.70. The second-order valence-corrected chi connectivity index (χ2v) is 8.89. The second-order valence-electron chi connectivity index (χ2n) is 8.89. The lowest BCUT2D eigenvalue weighted by molar-refractivity contribution is -0.170. The molecule has 0 aromatic heterocycles. The van der Waals surface area contributed by atoms with Crippen LogP contribution >= 0.6 is 0 Å². The molecule has 0 amide bonds. The van der Waals surface area contributed by atoms with Gasteiger partial charge < -0.3 is 5.11 Å². The Morgan fingerprint density at radius 2 is 1.78 bits per heavy atom. The summed E-state index contributed by atoms with van der Waals surface area (Å²) in [6.07, 6.45) is 18.4. The van der Waals surface area contributed by atoms with E-state index in [0.29, 0.717) is 0 Å². The van der Waals surface area contributed by atoms with Crippen molar-refractivity contribution in [2.75, 3.05) is 0 Å². The molecule has 5 aliphatic rings. The van der Waals surface area contributed by atoms with Crippen LogP contribution in [0.25, 0.3) is 0 Å². The Labute approximate surface area is 140 Å². The molecule has 0 aliphatic heterocycles. The molecule has 0 spiro atoms. The number of allylic oxidation sites excluding steroid dienone is 3. The summed E-state index contributed by atoms with van der Waals surface area (Å²) in [4.78, 5) is 12.4. The Morgan fingerprint density at radius 3 is 2.22 bits per heavy atom. The lowest BCUT2D eigenvalue weighted by Gasteiger charge is -2.62. The number of hydrogen-bond donors (Lipinski definition) is 1. The fourth-order valence-corrected chi connectivity index (χ4v) is 6.68. The van der Waals surface area contributed by atoms with Crippen molar-refractivity contribution in [3.05, 3.63) is 23.8 Å². The van der Waals surface area contributed by atoms with E-state index in [0.717, 1.165) is 49.9 Å². The number of carbonyl (C=O) groups is 1. The van der Waals surface area contributed by atoms with E-state index < -0.39 is 11.4 Å². The topological polar surface area (TPSA) is 37.3 Å². The van der Waals surface area contributed by atoms with Crippen molar-refractivity contribution < 1.29 is 9.90 Å². The summed E-state index contributed by atoms with van der Waals surface area (Å²) in [6.45, 7) is 2.21. The lowest BCUT2D eigenvalue weighted by Crippen LogP contribution is -2.57. The van der Waals surface area contributed by atoms with Gasteiger partial charge >= 0.3 is 5.97 Å². The quantitative estimate of drug-likeness (QED) is 0.742. The van der Waals surface area contributed by atoms with E-state index in [2.05, 4.69) is 25.2 Å². The van der Waals surface area contributed by atoms with Crippen molar-refractivity contribution in [3.63, 3.8) is 0 Å². The van der Waals surface area contributed by atoms with Gasteiger partial charge in [-0.1, -0.05) is 37.1 Å². The third-order valence-electron chi connectivity index (χ3n) is 7.45. The van der Waals surface area contributed by atoms with Gasteiger partial charge in [-0.15, -0.1) is 0 Å². The molecule has 1 atom stereocenters. The highest BCUT2D eigenvalue weighted by molar-refractivity contribution is 5.79. The Hall–Kier alpha value is -1.05. The third-order valence-corrected chi connectivity index (χ3v) is 7.45. The average molecular weight is 314 g/mol. The first kappa shape index (κ1) is 15.5. The number of rotatable bonds is 5. The molecule has 1 unspecified atom stereocenters. The fourth-order valence-electron chi connectivity index (χ4n) is 6.68. The van der Waals surface area contributed by atoms with Gasteiger partial charge in [-0.25, -0.2) is 0 Å². The van der Waals surface area contributed by atoms with Crippen LogP contribution in [0.5, 0.6) is 0 Å². The van der Waals surface area contributed by atoms with Gasteiger partial charge in [0.1, 0.15) is 0 Å². The molecule has 4 bridgehead atoms. The second kappa shape index (κ2) is 5.50. The van der Waals surface area contributed by atoms with E-state index in [4.69, 9.17) is 0 Å². The van der Waals surface area contributed by atoms with Gasteiger partial charge in [0.25, 0.3) is 0 Å². The van der Waals surface area contributed by atoms with Crippen LogP contribution in [0.3, 0.4) is 0 Å². The highest BCUT2D eigenvalue weighted by atomic mass is 16.4. The van der Waals surface area contributed by atoms with E-state index in [1.165, 1.54) is 37.7 Å². The summed E-state index contributed by atoms with van der Waals surface area (Å²) in [6, 6.07) is 0. The van der Waals surface area contributed by atoms with Gasteiger partial charge in [0.05, 0.1) is 5.41 Å². The normalized spacial score (nSPS) is 44.4. The van der Waals surface area contributed by atoms with Crippen LogP contribution in [-0.4, -0.2) is 11.1 Å². The summed E-state index contributed by atoms with van der Waals surface area (Å²) in [5, 5.41) is 10.2. The molecule has 4 fully saturated rings. The van der Waals surface area contributed by atoms with Crippen molar-refractivity contribution in [2.24, 2.45) is 28.6 Å². The monoisotopic (exact) mass is 314 g/mol. The molecule has 0 aromatic carbocycles. The van der Waals surface area contributed by atoms with Crippen LogP contribution in [0.4, 0.5) is 0 Å². The molecule has 23 heavy (non-hydrogen) atoms. The SMILES string of the molecule is CCCCC1=CCC(C(=O)O)(C23CC4CC(CC(C4)C2)C3)C=C1.